The van der Waals surface area contributed by atoms with Crippen LogP contribution in [-0.2, 0) is 6.54 Å². The van der Waals surface area contributed by atoms with Gasteiger partial charge in [0.15, 0.2) is 0 Å². The van der Waals surface area contributed by atoms with Crippen molar-refractivity contribution in [3.8, 4) is 5.75 Å². The van der Waals surface area contributed by atoms with Gasteiger partial charge >= 0.3 is 0 Å². The Morgan fingerprint density at radius 3 is 2.95 bits per heavy atom. The number of amides is 1. The Labute approximate surface area is 132 Å². The van der Waals surface area contributed by atoms with Crippen molar-refractivity contribution >= 4 is 27.5 Å². The molecule has 0 saturated carbocycles. The number of benzene rings is 1. The third kappa shape index (κ3) is 4.09. The van der Waals surface area contributed by atoms with Gasteiger partial charge in [-0.15, -0.1) is 0 Å². The van der Waals surface area contributed by atoms with Gasteiger partial charge < -0.3 is 20.4 Å². The van der Waals surface area contributed by atoms with Crippen LogP contribution in [0.3, 0.4) is 0 Å². The van der Waals surface area contributed by atoms with Crippen LogP contribution in [0.2, 0.25) is 0 Å². The van der Waals surface area contributed by atoms with E-state index in [0.29, 0.717) is 30.3 Å². The van der Waals surface area contributed by atoms with Crippen LogP contribution in [0.25, 0.3) is 0 Å². The van der Waals surface area contributed by atoms with Crippen molar-refractivity contribution in [2.24, 2.45) is 5.73 Å². The number of aryl methyl sites for hydroxylation is 1. The number of hydrogen-bond donors (Lipinski definition) is 2. The number of nitrogens with one attached hydrogen (secondary N) is 1. The molecule has 6 heteroatoms. The summed E-state index contributed by atoms with van der Waals surface area (Å²) in [4.78, 5) is 12.3. The minimum atomic E-state index is -0.154. The molecule has 21 heavy (non-hydrogen) atoms. The van der Waals surface area contributed by atoms with Crippen molar-refractivity contribution < 1.29 is 9.53 Å². The van der Waals surface area contributed by atoms with Gasteiger partial charge in [-0.2, -0.15) is 0 Å². The number of carbonyl (C=O) groups is 1. The zero-order valence-electron chi connectivity index (χ0n) is 11.8. The molecule has 1 aromatic heterocycles. The SMILES string of the molecule is CCn1cc(Br)cc1C(=O)Nc1cccc(OCCN)c1. The Kier molecular flexibility index (Phi) is 5.41. The maximum Gasteiger partial charge on any atom is 0.272 e. The minimum absolute atomic E-state index is 0.154. The van der Waals surface area contributed by atoms with Gasteiger partial charge in [-0.3, -0.25) is 4.79 Å². The summed E-state index contributed by atoms with van der Waals surface area (Å²) in [5, 5.41) is 2.87. The highest BCUT2D eigenvalue weighted by Crippen LogP contribution is 2.20. The molecular weight excluding hydrogens is 334 g/mol. The molecule has 0 spiro atoms. The minimum Gasteiger partial charge on any atom is -0.492 e. The van der Waals surface area contributed by atoms with E-state index in [4.69, 9.17) is 10.5 Å². The highest BCUT2D eigenvalue weighted by atomic mass is 79.9. The number of aromatic nitrogens is 1. The first kappa shape index (κ1) is 15.6. The summed E-state index contributed by atoms with van der Waals surface area (Å²) < 4.78 is 8.21. The van der Waals surface area contributed by atoms with Crippen LogP contribution in [0.1, 0.15) is 17.4 Å². The molecule has 2 aromatic rings. The topological polar surface area (TPSA) is 69.3 Å². The lowest BCUT2D eigenvalue weighted by atomic mass is 10.3. The molecule has 0 atom stereocenters. The van der Waals surface area contributed by atoms with Crippen LogP contribution in [0.5, 0.6) is 5.75 Å². The molecule has 112 valence electrons. The van der Waals surface area contributed by atoms with Crippen LogP contribution in [-0.4, -0.2) is 23.6 Å². The first-order chi connectivity index (χ1) is 10.1. The van der Waals surface area contributed by atoms with Gasteiger partial charge in [0, 0.05) is 35.5 Å². The lowest BCUT2D eigenvalue weighted by molar-refractivity contribution is 0.101. The fraction of sp³-hybridized carbons (Fsp3) is 0.267. The summed E-state index contributed by atoms with van der Waals surface area (Å²) in [6.45, 7) is 3.62. The molecule has 0 aliphatic rings. The van der Waals surface area contributed by atoms with Crippen molar-refractivity contribution in [3.05, 3.63) is 46.7 Å². The van der Waals surface area contributed by atoms with Crippen molar-refractivity contribution in [1.29, 1.82) is 0 Å². The second kappa shape index (κ2) is 7.28. The van der Waals surface area contributed by atoms with E-state index in [1.54, 1.807) is 12.1 Å². The third-order valence-corrected chi connectivity index (χ3v) is 3.35. The van der Waals surface area contributed by atoms with Gasteiger partial charge in [-0.1, -0.05) is 6.07 Å². The number of nitrogens with two attached hydrogens (primary N) is 1. The molecule has 0 aliphatic carbocycles. The standard InChI is InChI=1S/C15H18BrN3O2/c1-2-19-10-11(16)8-14(19)15(20)18-12-4-3-5-13(9-12)21-7-6-17/h3-5,8-10H,2,6-7,17H2,1H3,(H,18,20). The van der Waals surface area contributed by atoms with Gasteiger partial charge in [0.2, 0.25) is 0 Å². The first-order valence-electron chi connectivity index (χ1n) is 6.74. The van der Waals surface area contributed by atoms with Crippen molar-refractivity contribution in [2.45, 2.75) is 13.5 Å². The smallest absolute Gasteiger partial charge is 0.272 e. The average Bonchev–Trinajstić information content (AvgIpc) is 2.87. The Morgan fingerprint density at radius 1 is 1.43 bits per heavy atom. The zero-order valence-corrected chi connectivity index (χ0v) is 13.4. The van der Waals surface area contributed by atoms with Crippen LogP contribution >= 0.6 is 15.9 Å². The number of rotatable bonds is 6. The third-order valence-electron chi connectivity index (χ3n) is 2.92. The number of carbonyl (C=O) groups excluding carboxylic acids is 1. The molecule has 2 rings (SSSR count). The summed E-state index contributed by atoms with van der Waals surface area (Å²) in [5.41, 5.74) is 6.70. The van der Waals surface area contributed by atoms with E-state index in [-0.39, 0.29) is 5.91 Å². The Hall–Kier alpha value is -1.79. The number of anilines is 1. The largest absolute Gasteiger partial charge is 0.492 e. The predicted octanol–water partition coefficient (Wildman–Crippen LogP) is 2.86. The maximum atomic E-state index is 12.3. The second-order valence-electron chi connectivity index (χ2n) is 4.45. The summed E-state index contributed by atoms with van der Waals surface area (Å²) >= 11 is 3.38. The van der Waals surface area contributed by atoms with E-state index in [9.17, 15) is 4.79 Å². The lowest BCUT2D eigenvalue weighted by Gasteiger charge is -2.09. The number of ether oxygens (including phenoxy) is 1. The highest BCUT2D eigenvalue weighted by Gasteiger charge is 2.12. The fourth-order valence-corrected chi connectivity index (χ4v) is 2.43. The molecule has 5 nitrogen and oxygen atoms in total. The van der Waals surface area contributed by atoms with Gasteiger partial charge in [0.1, 0.15) is 18.1 Å². The molecule has 0 bridgehead atoms. The summed E-state index contributed by atoms with van der Waals surface area (Å²) in [6, 6.07) is 9.06. The molecule has 1 heterocycles. The quantitative estimate of drug-likeness (QED) is 0.840. The maximum absolute atomic E-state index is 12.3. The Morgan fingerprint density at radius 2 is 2.24 bits per heavy atom. The van der Waals surface area contributed by atoms with E-state index in [2.05, 4.69) is 21.2 Å². The molecule has 1 aromatic carbocycles. The van der Waals surface area contributed by atoms with Gasteiger partial charge in [-0.25, -0.2) is 0 Å². The number of halogens is 1. The van der Waals surface area contributed by atoms with Gasteiger partial charge in [-0.05, 0) is 41.1 Å². The van der Waals surface area contributed by atoms with Crippen LogP contribution in [0, 0.1) is 0 Å². The first-order valence-corrected chi connectivity index (χ1v) is 7.53. The average molecular weight is 352 g/mol. The van der Waals surface area contributed by atoms with Crippen LogP contribution in [0.4, 0.5) is 5.69 Å². The summed E-state index contributed by atoms with van der Waals surface area (Å²) in [6.07, 6.45) is 1.88. The van der Waals surface area contributed by atoms with Crippen LogP contribution in [0.15, 0.2) is 41.0 Å². The molecule has 3 N–H and O–H groups in total. The van der Waals surface area contributed by atoms with Crippen LogP contribution < -0.4 is 15.8 Å². The summed E-state index contributed by atoms with van der Waals surface area (Å²) in [7, 11) is 0. The second-order valence-corrected chi connectivity index (χ2v) is 5.36. The fourth-order valence-electron chi connectivity index (χ4n) is 1.96. The number of nitrogens with zero attached hydrogens (tertiary/aromatic N) is 1. The normalized spacial score (nSPS) is 10.4. The van der Waals surface area contributed by atoms with Crippen molar-refractivity contribution in [3.63, 3.8) is 0 Å². The van der Waals surface area contributed by atoms with E-state index in [0.717, 1.165) is 11.0 Å². The summed E-state index contributed by atoms with van der Waals surface area (Å²) in [5.74, 6) is 0.531. The van der Waals surface area contributed by atoms with E-state index in [1.165, 1.54) is 0 Å². The van der Waals surface area contributed by atoms with Gasteiger partial charge in [0.25, 0.3) is 5.91 Å². The zero-order chi connectivity index (χ0) is 15.2. The highest BCUT2D eigenvalue weighted by molar-refractivity contribution is 9.10. The molecular formula is C15H18BrN3O2. The number of hydrogen-bond acceptors (Lipinski definition) is 3. The predicted molar refractivity (Wildman–Crippen MR) is 86.8 cm³/mol. The lowest BCUT2D eigenvalue weighted by Crippen LogP contribution is -2.16. The molecule has 0 radical (unpaired) electrons. The molecule has 0 fully saturated rings. The molecule has 0 unspecified atom stereocenters. The van der Waals surface area contributed by atoms with Crippen molar-refractivity contribution in [2.75, 3.05) is 18.5 Å². The Balaban J connectivity index is 2.11. The monoisotopic (exact) mass is 351 g/mol. The van der Waals surface area contributed by atoms with Gasteiger partial charge in [0.05, 0.1) is 0 Å². The van der Waals surface area contributed by atoms with E-state index < -0.39 is 0 Å². The molecule has 0 saturated heterocycles. The Bertz CT molecular complexity index is 625. The molecule has 0 aliphatic heterocycles. The van der Waals surface area contributed by atoms with E-state index in [1.807, 2.05) is 35.9 Å². The van der Waals surface area contributed by atoms with E-state index >= 15 is 0 Å². The van der Waals surface area contributed by atoms with Crippen molar-refractivity contribution in [1.82, 2.24) is 4.57 Å². The molecule has 1 amide bonds.